The number of carbonyl (C=O) groups is 1. The molecule has 1 aromatic rings. The van der Waals surface area contributed by atoms with Crippen LogP contribution in [0.3, 0.4) is 0 Å². The van der Waals surface area contributed by atoms with E-state index in [9.17, 15) is 4.79 Å². The summed E-state index contributed by atoms with van der Waals surface area (Å²) in [4.78, 5) is 13.4. The first-order valence-corrected chi connectivity index (χ1v) is 4.92. The molecule has 1 rings (SSSR count). The second-order valence-corrected chi connectivity index (χ2v) is 3.94. The summed E-state index contributed by atoms with van der Waals surface area (Å²) in [7, 11) is 6.35. The Balaban J connectivity index is 2.80. The van der Waals surface area contributed by atoms with Gasteiger partial charge in [0.1, 0.15) is 0 Å². The van der Waals surface area contributed by atoms with Crippen molar-refractivity contribution in [1.29, 1.82) is 0 Å². The Morgan fingerprint density at radius 2 is 2.14 bits per heavy atom. The van der Waals surface area contributed by atoms with Crippen LogP contribution in [-0.2, 0) is 0 Å². The zero-order chi connectivity index (χ0) is 10.6. The van der Waals surface area contributed by atoms with E-state index in [1.807, 2.05) is 43.3 Å². The van der Waals surface area contributed by atoms with Crippen LogP contribution in [0, 0.1) is 0 Å². The maximum Gasteiger partial charge on any atom is 0.187 e. The largest absolute Gasteiger partial charge is 0.383 e. The first-order valence-electron chi connectivity index (χ1n) is 4.34. The van der Waals surface area contributed by atoms with Gasteiger partial charge in [-0.05, 0) is 11.4 Å². The van der Waals surface area contributed by atoms with Gasteiger partial charge in [-0.3, -0.25) is 4.79 Å². The minimum absolute atomic E-state index is 0.0306. The molecule has 3 heteroatoms. The van der Waals surface area contributed by atoms with Gasteiger partial charge in [-0.25, -0.2) is 0 Å². The van der Waals surface area contributed by atoms with Crippen LogP contribution in [-0.4, -0.2) is 24.8 Å². The Hall–Kier alpha value is -1.14. The van der Waals surface area contributed by atoms with E-state index >= 15 is 0 Å². The first-order chi connectivity index (χ1) is 6.59. The van der Waals surface area contributed by atoms with Crippen LogP contribution >= 0.6 is 9.24 Å². The molecule has 0 spiro atoms. The smallest absolute Gasteiger partial charge is 0.187 e. The molecular weight excluding hydrogens is 193 g/mol. The summed E-state index contributed by atoms with van der Waals surface area (Å²) in [6.45, 7) is 0. The number of hydrogen-bond donors (Lipinski definition) is 0. The third kappa shape index (κ3) is 3.31. The molecule has 14 heavy (non-hydrogen) atoms. The quantitative estimate of drug-likeness (QED) is 0.424. The standard InChI is InChI=1S/C11H14NOP/c1-12(2)7-6-11(13)9-4-3-5-10(14)8-9/h3-8H,14H2,1-2H3. The highest BCUT2D eigenvalue weighted by Gasteiger charge is 2.00. The average Bonchev–Trinajstić information content (AvgIpc) is 2.14. The SMILES string of the molecule is CN(C)C=CC(=O)c1cccc(P)c1. The van der Waals surface area contributed by atoms with Gasteiger partial charge in [-0.15, -0.1) is 9.24 Å². The summed E-state index contributed by atoms with van der Waals surface area (Å²) >= 11 is 0. The molecule has 0 radical (unpaired) electrons. The molecule has 0 aliphatic heterocycles. The van der Waals surface area contributed by atoms with Gasteiger partial charge < -0.3 is 4.90 Å². The highest BCUT2D eigenvalue weighted by atomic mass is 31.0. The summed E-state index contributed by atoms with van der Waals surface area (Å²) in [5, 5.41) is 1.02. The van der Waals surface area contributed by atoms with Gasteiger partial charge in [0.2, 0.25) is 0 Å². The zero-order valence-electron chi connectivity index (χ0n) is 8.40. The predicted molar refractivity (Wildman–Crippen MR) is 62.9 cm³/mol. The summed E-state index contributed by atoms with van der Waals surface area (Å²) in [5.41, 5.74) is 0.718. The molecule has 0 heterocycles. The lowest BCUT2D eigenvalue weighted by atomic mass is 10.1. The Morgan fingerprint density at radius 3 is 2.71 bits per heavy atom. The van der Waals surface area contributed by atoms with Gasteiger partial charge in [-0.2, -0.15) is 0 Å². The van der Waals surface area contributed by atoms with Crippen molar-refractivity contribution in [3.63, 3.8) is 0 Å². The van der Waals surface area contributed by atoms with Gasteiger partial charge >= 0.3 is 0 Å². The highest BCUT2D eigenvalue weighted by Crippen LogP contribution is 2.01. The molecule has 1 unspecified atom stereocenters. The molecule has 0 aliphatic rings. The Labute approximate surface area is 86.8 Å². The summed E-state index contributed by atoms with van der Waals surface area (Å²) < 4.78 is 0. The fourth-order valence-electron chi connectivity index (χ4n) is 1.00. The van der Waals surface area contributed by atoms with Crippen LogP contribution in [0.5, 0.6) is 0 Å². The van der Waals surface area contributed by atoms with Crippen molar-refractivity contribution >= 4 is 20.3 Å². The third-order valence-corrected chi connectivity index (χ3v) is 2.05. The molecule has 74 valence electrons. The Kier molecular flexibility index (Phi) is 3.84. The van der Waals surface area contributed by atoms with E-state index in [0.717, 1.165) is 10.9 Å². The minimum Gasteiger partial charge on any atom is -0.383 e. The first kappa shape index (κ1) is 10.9. The van der Waals surface area contributed by atoms with Gasteiger partial charge in [0.05, 0.1) is 0 Å². The third-order valence-electron chi connectivity index (χ3n) is 1.70. The maximum absolute atomic E-state index is 11.6. The van der Waals surface area contributed by atoms with Crippen LogP contribution in [0.1, 0.15) is 10.4 Å². The second-order valence-electron chi connectivity index (χ2n) is 3.27. The zero-order valence-corrected chi connectivity index (χ0v) is 9.55. The van der Waals surface area contributed by atoms with E-state index in [0.29, 0.717) is 0 Å². The van der Waals surface area contributed by atoms with E-state index in [1.54, 1.807) is 12.3 Å². The summed E-state index contributed by atoms with van der Waals surface area (Å²) in [5.74, 6) is 0.0306. The molecule has 0 aliphatic carbocycles. The van der Waals surface area contributed by atoms with Crippen molar-refractivity contribution < 1.29 is 4.79 Å². The molecule has 0 N–H and O–H groups in total. The normalized spacial score (nSPS) is 10.5. The molecule has 0 fully saturated rings. The van der Waals surface area contributed by atoms with Crippen molar-refractivity contribution in [1.82, 2.24) is 4.90 Å². The topological polar surface area (TPSA) is 20.3 Å². The molecule has 1 atom stereocenters. The molecule has 0 saturated carbocycles. The maximum atomic E-state index is 11.6. The fraction of sp³-hybridized carbons (Fsp3) is 0.182. The highest BCUT2D eigenvalue weighted by molar-refractivity contribution is 7.27. The van der Waals surface area contributed by atoms with Gasteiger partial charge in [-0.1, -0.05) is 18.2 Å². The Morgan fingerprint density at radius 1 is 1.43 bits per heavy atom. The van der Waals surface area contributed by atoms with E-state index in [-0.39, 0.29) is 5.78 Å². The molecule has 0 amide bonds. The fourth-order valence-corrected chi connectivity index (χ4v) is 1.30. The van der Waals surface area contributed by atoms with Crippen molar-refractivity contribution in [2.75, 3.05) is 14.1 Å². The van der Waals surface area contributed by atoms with Gasteiger partial charge in [0.15, 0.2) is 5.78 Å². The van der Waals surface area contributed by atoms with Crippen LogP contribution in [0.2, 0.25) is 0 Å². The van der Waals surface area contributed by atoms with Crippen molar-refractivity contribution in [2.24, 2.45) is 0 Å². The Bertz CT molecular complexity index is 358. The van der Waals surface area contributed by atoms with Crippen LogP contribution in [0.15, 0.2) is 36.5 Å². The predicted octanol–water partition coefficient (Wildman–Crippen LogP) is 1.45. The lowest BCUT2D eigenvalue weighted by Gasteiger charge is -2.02. The number of ketones is 1. The van der Waals surface area contributed by atoms with Gasteiger partial charge in [0, 0.05) is 31.9 Å². The molecular formula is C11H14NOP. The second kappa shape index (κ2) is 4.92. The van der Waals surface area contributed by atoms with E-state index in [2.05, 4.69) is 9.24 Å². The number of nitrogens with zero attached hydrogens (tertiary/aromatic N) is 1. The van der Waals surface area contributed by atoms with Crippen molar-refractivity contribution in [3.8, 4) is 0 Å². The number of allylic oxidation sites excluding steroid dienone is 1. The summed E-state index contributed by atoms with van der Waals surface area (Å²) in [6.07, 6.45) is 3.32. The van der Waals surface area contributed by atoms with E-state index < -0.39 is 0 Å². The lowest BCUT2D eigenvalue weighted by molar-refractivity contribution is 0.104. The monoisotopic (exact) mass is 207 g/mol. The van der Waals surface area contributed by atoms with Crippen molar-refractivity contribution in [2.45, 2.75) is 0 Å². The lowest BCUT2D eigenvalue weighted by Crippen LogP contribution is -2.04. The number of benzene rings is 1. The summed E-state index contributed by atoms with van der Waals surface area (Å²) in [6, 6.07) is 7.49. The molecule has 0 aromatic heterocycles. The van der Waals surface area contributed by atoms with Crippen molar-refractivity contribution in [3.05, 3.63) is 42.1 Å². The average molecular weight is 207 g/mol. The van der Waals surface area contributed by atoms with Crippen LogP contribution in [0.25, 0.3) is 0 Å². The minimum atomic E-state index is 0.0306. The van der Waals surface area contributed by atoms with Crippen LogP contribution in [0.4, 0.5) is 0 Å². The molecule has 1 aromatic carbocycles. The molecule has 0 saturated heterocycles. The number of hydrogen-bond acceptors (Lipinski definition) is 2. The number of rotatable bonds is 3. The molecule has 0 bridgehead atoms. The molecule has 2 nitrogen and oxygen atoms in total. The van der Waals surface area contributed by atoms with E-state index in [1.165, 1.54) is 0 Å². The van der Waals surface area contributed by atoms with E-state index in [4.69, 9.17) is 0 Å². The van der Waals surface area contributed by atoms with Gasteiger partial charge in [0.25, 0.3) is 0 Å². The number of carbonyl (C=O) groups excluding carboxylic acids is 1. The van der Waals surface area contributed by atoms with Crippen LogP contribution < -0.4 is 5.30 Å².